The summed E-state index contributed by atoms with van der Waals surface area (Å²) in [7, 11) is 0. The average molecular weight is 406 g/mol. The normalized spacial score (nSPS) is 17.7. The minimum atomic E-state index is 0.158. The molecule has 0 bridgehead atoms. The smallest absolute Gasteiger partial charge is 0.173 e. The summed E-state index contributed by atoms with van der Waals surface area (Å²) in [5, 5.41) is 12.7. The first kappa shape index (κ1) is 18.9. The van der Waals surface area contributed by atoms with E-state index in [-0.39, 0.29) is 6.04 Å². The van der Waals surface area contributed by atoms with Gasteiger partial charge in [-0.25, -0.2) is 0 Å². The Morgan fingerprint density at radius 1 is 0.900 bits per heavy atom. The highest BCUT2D eigenvalue weighted by Crippen LogP contribution is 2.33. The van der Waals surface area contributed by atoms with Crippen LogP contribution in [0.1, 0.15) is 25.2 Å². The second-order valence-electron chi connectivity index (χ2n) is 7.56. The van der Waals surface area contributed by atoms with Crippen LogP contribution >= 0.6 is 0 Å². The predicted octanol–water partition coefficient (Wildman–Crippen LogP) is 2.71. The van der Waals surface area contributed by atoms with Crippen molar-refractivity contribution < 1.29 is 9.47 Å². The number of anilines is 1. The van der Waals surface area contributed by atoms with Gasteiger partial charge in [0, 0.05) is 37.9 Å². The quantitative estimate of drug-likeness (QED) is 0.645. The molecule has 156 valence electrons. The van der Waals surface area contributed by atoms with Gasteiger partial charge in [-0.1, -0.05) is 25.1 Å². The zero-order valence-electron chi connectivity index (χ0n) is 17.1. The average Bonchev–Trinajstić information content (AvgIpc) is 3.30. The number of nitrogens with zero attached hydrogens (tertiary/aromatic N) is 6. The molecule has 3 heterocycles. The van der Waals surface area contributed by atoms with E-state index in [1.807, 2.05) is 22.9 Å². The molecule has 0 spiro atoms. The van der Waals surface area contributed by atoms with Gasteiger partial charge in [0.25, 0.3) is 0 Å². The third-order valence-corrected chi connectivity index (χ3v) is 5.83. The lowest BCUT2D eigenvalue weighted by Crippen LogP contribution is -2.48. The molecule has 0 N–H and O–H groups in total. The molecule has 1 unspecified atom stereocenters. The molecule has 3 aromatic rings. The predicted molar refractivity (Wildman–Crippen MR) is 113 cm³/mol. The topological polar surface area (TPSA) is 68.5 Å². The SMILES string of the molecule is CCC(c1nnnn1-c1ccc2c(c1)OCCO2)N1CCN(c2ccccc2)CC1. The van der Waals surface area contributed by atoms with Gasteiger partial charge < -0.3 is 14.4 Å². The lowest BCUT2D eigenvalue weighted by molar-refractivity contribution is 0.170. The van der Waals surface area contributed by atoms with Crippen LogP contribution in [0.5, 0.6) is 11.5 Å². The number of rotatable bonds is 5. The number of benzene rings is 2. The first-order valence-electron chi connectivity index (χ1n) is 10.6. The van der Waals surface area contributed by atoms with Crippen LogP contribution in [0, 0.1) is 0 Å². The van der Waals surface area contributed by atoms with Crippen LogP contribution in [0.15, 0.2) is 48.5 Å². The Morgan fingerprint density at radius 2 is 1.67 bits per heavy atom. The van der Waals surface area contributed by atoms with Crippen LogP contribution in [-0.4, -0.2) is 64.5 Å². The summed E-state index contributed by atoms with van der Waals surface area (Å²) in [5.41, 5.74) is 2.17. The van der Waals surface area contributed by atoms with E-state index >= 15 is 0 Å². The van der Waals surface area contributed by atoms with Gasteiger partial charge >= 0.3 is 0 Å². The molecule has 1 aromatic heterocycles. The van der Waals surface area contributed by atoms with Gasteiger partial charge in [-0.05, 0) is 41.1 Å². The van der Waals surface area contributed by atoms with E-state index in [4.69, 9.17) is 9.47 Å². The van der Waals surface area contributed by atoms with Gasteiger partial charge in [0.05, 0.1) is 11.7 Å². The van der Waals surface area contributed by atoms with Crippen LogP contribution in [-0.2, 0) is 0 Å². The van der Waals surface area contributed by atoms with Crippen molar-refractivity contribution >= 4 is 5.69 Å². The Morgan fingerprint density at radius 3 is 2.43 bits per heavy atom. The molecule has 2 aliphatic heterocycles. The van der Waals surface area contributed by atoms with Crippen LogP contribution in [0.3, 0.4) is 0 Å². The molecule has 2 aromatic carbocycles. The van der Waals surface area contributed by atoms with E-state index in [9.17, 15) is 0 Å². The first-order chi connectivity index (χ1) is 14.8. The second kappa shape index (κ2) is 8.31. The highest BCUT2D eigenvalue weighted by molar-refractivity contribution is 5.49. The molecule has 5 rings (SSSR count). The zero-order chi connectivity index (χ0) is 20.3. The van der Waals surface area contributed by atoms with Crippen LogP contribution < -0.4 is 14.4 Å². The van der Waals surface area contributed by atoms with Crippen molar-refractivity contribution in [1.29, 1.82) is 0 Å². The fourth-order valence-electron chi connectivity index (χ4n) is 4.28. The highest BCUT2D eigenvalue weighted by atomic mass is 16.6. The molecule has 1 atom stereocenters. The molecule has 8 nitrogen and oxygen atoms in total. The fourth-order valence-corrected chi connectivity index (χ4v) is 4.28. The molecule has 8 heteroatoms. The van der Waals surface area contributed by atoms with E-state index in [2.05, 4.69) is 62.6 Å². The third kappa shape index (κ3) is 3.59. The standard InChI is InChI=1S/C22H26N6O2/c1-2-19(27-12-10-26(11-13-27)17-6-4-3-5-7-17)22-23-24-25-28(22)18-8-9-20-21(16-18)30-15-14-29-20/h3-9,16,19H,2,10-15H2,1H3. The molecule has 1 fully saturated rings. The summed E-state index contributed by atoms with van der Waals surface area (Å²) in [6, 6.07) is 16.6. The number of fused-ring (bicyclic) bond motifs is 1. The summed E-state index contributed by atoms with van der Waals surface area (Å²) in [6.07, 6.45) is 0.941. The summed E-state index contributed by atoms with van der Waals surface area (Å²) in [6.45, 7) is 7.26. The van der Waals surface area contributed by atoms with Gasteiger partial charge in [-0.15, -0.1) is 5.10 Å². The van der Waals surface area contributed by atoms with Crippen molar-refractivity contribution in [1.82, 2.24) is 25.1 Å². The van der Waals surface area contributed by atoms with Crippen LogP contribution in [0.2, 0.25) is 0 Å². The van der Waals surface area contributed by atoms with Crippen molar-refractivity contribution in [3.05, 3.63) is 54.4 Å². The van der Waals surface area contributed by atoms with Gasteiger partial charge in [-0.2, -0.15) is 4.68 Å². The summed E-state index contributed by atoms with van der Waals surface area (Å²) in [4.78, 5) is 4.92. The lowest BCUT2D eigenvalue weighted by Gasteiger charge is -2.39. The summed E-state index contributed by atoms with van der Waals surface area (Å²) < 4.78 is 13.2. The maximum absolute atomic E-state index is 5.74. The van der Waals surface area contributed by atoms with Crippen LogP contribution in [0.25, 0.3) is 5.69 Å². The second-order valence-corrected chi connectivity index (χ2v) is 7.56. The number of para-hydroxylation sites is 1. The minimum Gasteiger partial charge on any atom is -0.486 e. The van der Waals surface area contributed by atoms with Crippen LogP contribution in [0.4, 0.5) is 5.69 Å². The Labute approximate surface area is 176 Å². The maximum Gasteiger partial charge on any atom is 0.173 e. The number of aromatic nitrogens is 4. The Balaban J connectivity index is 1.35. The maximum atomic E-state index is 5.74. The molecule has 0 saturated carbocycles. The molecular weight excluding hydrogens is 380 g/mol. The molecule has 1 saturated heterocycles. The lowest BCUT2D eigenvalue weighted by atomic mass is 10.1. The number of hydrogen-bond donors (Lipinski definition) is 0. The summed E-state index contributed by atoms with van der Waals surface area (Å²) >= 11 is 0. The number of hydrogen-bond acceptors (Lipinski definition) is 7. The van der Waals surface area contributed by atoms with E-state index in [0.717, 1.165) is 55.6 Å². The zero-order valence-corrected chi connectivity index (χ0v) is 17.1. The van der Waals surface area contributed by atoms with E-state index in [1.54, 1.807) is 0 Å². The van der Waals surface area contributed by atoms with Gasteiger partial charge in [0.15, 0.2) is 17.3 Å². The summed E-state index contributed by atoms with van der Waals surface area (Å²) in [5.74, 6) is 2.37. The fraction of sp³-hybridized carbons (Fsp3) is 0.409. The molecule has 0 aliphatic carbocycles. The van der Waals surface area contributed by atoms with Gasteiger partial charge in [0.2, 0.25) is 0 Å². The van der Waals surface area contributed by atoms with Crippen molar-refractivity contribution in [2.75, 3.05) is 44.3 Å². The molecule has 30 heavy (non-hydrogen) atoms. The Hall–Kier alpha value is -3.13. The highest BCUT2D eigenvalue weighted by Gasteiger charge is 2.28. The third-order valence-electron chi connectivity index (χ3n) is 5.83. The monoisotopic (exact) mass is 406 g/mol. The van der Waals surface area contributed by atoms with Gasteiger partial charge in [0.1, 0.15) is 13.2 Å². The molecule has 2 aliphatic rings. The van der Waals surface area contributed by atoms with E-state index in [0.29, 0.717) is 13.2 Å². The first-order valence-corrected chi connectivity index (χ1v) is 10.6. The Kier molecular flexibility index (Phi) is 5.23. The largest absolute Gasteiger partial charge is 0.486 e. The molecule has 0 radical (unpaired) electrons. The van der Waals surface area contributed by atoms with Crippen molar-refractivity contribution in [3.63, 3.8) is 0 Å². The molecular formula is C22H26N6O2. The molecule has 0 amide bonds. The number of piperazine rings is 1. The van der Waals surface area contributed by atoms with Crippen molar-refractivity contribution in [3.8, 4) is 17.2 Å². The van der Waals surface area contributed by atoms with E-state index < -0.39 is 0 Å². The number of ether oxygens (including phenoxy) is 2. The number of tetrazole rings is 1. The van der Waals surface area contributed by atoms with E-state index in [1.165, 1.54) is 5.69 Å². The minimum absolute atomic E-state index is 0.158. The Bertz CT molecular complexity index is 984. The van der Waals surface area contributed by atoms with Crippen molar-refractivity contribution in [2.24, 2.45) is 0 Å². The van der Waals surface area contributed by atoms with Gasteiger partial charge in [-0.3, -0.25) is 4.90 Å². The van der Waals surface area contributed by atoms with Crippen molar-refractivity contribution in [2.45, 2.75) is 19.4 Å².